The van der Waals surface area contributed by atoms with E-state index in [1.54, 1.807) is 0 Å². The minimum Gasteiger partial charge on any atom is -0.456 e. The second-order valence-corrected chi connectivity index (χ2v) is 13.6. The Morgan fingerprint density at radius 2 is 0.941 bits per heavy atom. The fourth-order valence-electron chi connectivity index (χ4n) is 8.63. The van der Waals surface area contributed by atoms with Gasteiger partial charge in [-0.3, -0.25) is 0 Å². The lowest BCUT2D eigenvalue weighted by molar-refractivity contribution is 0.669. The van der Waals surface area contributed by atoms with Crippen molar-refractivity contribution in [2.75, 3.05) is 0 Å². The van der Waals surface area contributed by atoms with E-state index in [2.05, 4.69) is 174 Å². The van der Waals surface area contributed by atoms with Crippen molar-refractivity contribution in [1.82, 2.24) is 4.57 Å². The average Bonchev–Trinajstić information content (AvgIpc) is 3.85. The number of hydrogen-bond acceptors (Lipinski definition) is 1. The normalized spacial score (nSPS) is 13.7. The Balaban J connectivity index is 1.05. The molecular formula is C49H31NO. The van der Waals surface area contributed by atoms with Crippen LogP contribution in [0.5, 0.6) is 0 Å². The zero-order valence-corrected chi connectivity index (χ0v) is 27.8. The van der Waals surface area contributed by atoms with Crippen LogP contribution in [0, 0.1) is 0 Å². The van der Waals surface area contributed by atoms with Gasteiger partial charge in [-0.15, -0.1) is 0 Å². The Morgan fingerprint density at radius 1 is 0.353 bits per heavy atom. The van der Waals surface area contributed by atoms with Gasteiger partial charge in [0.05, 0.1) is 11.0 Å². The average molecular weight is 650 g/mol. The molecule has 10 aromatic rings. The van der Waals surface area contributed by atoms with E-state index in [4.69, 9.17) is 4.42 Å². The molecule has 0 saturated heterocycles. The second kappa shape index (κ2) is 10.9. The van der Waals surface area contributed by atoms with E-state index >= 15 is 0 Å². The van der Waals surface area contributed by atoms with Crippen LogP contribution in [0.2, 0.25) is 0 Å². The molecule has 8 aromatic carbocycles. The maximum atomic E-state index is 6.18. The first-order chi connectivity index (χ1) is 25.3. The number of aromatic nitrogens is 1. The van der Waals surface area contributed by atoms with Crippen LogP contribution in [-0.2, 0) is 0 Å². The van der Waals surface area contributed by atoms with E-state index in [9.17, 15) is 0 Å². The van der Waals surface area contributed by atoms with Gasteiger partial charge in [0.2, 0.25) is 0 Å². The fourth-order valence-corrected chi connectivity index (χ4v) is 8.63. The van der Waals surface area contributed by atoms with Crippen molar-refractivity contribution in [2.45, 2.75) is 5.92 Å². The molecule has 2 heterocycles. The summed E-state index contributed by atoms with van der Waals surface area (Å²) in [5, 5.41) is 4.84. The standard InChI is InChI=1S/C49H31NO/c1-2-12-34(13-3-1)50-45-20-10-8-16-37(45)43-29-32(23-26-46(43)50)31-22-25-41-42(28-31)36-15-5-7-19-40(36)49(41)39-18-6-4-14-35(39)33-24-27-48-44(30-33)38-17-9-11-21-47(38)51-48/h1-30,49H. The maximum absolute atomic E-state index is 6.18. The maximum Gasteiger partial charge on any atom is 0.135 e. The van der Waals surface area contributed by atoms with Gasteiger partial charge in [0.15, 0.2) is 0 Å². The van der Waals surface area contributed by atoms with E-state index in [0.29, 0.717) is 0 Å². The van der Waals surface area contributed by atoms with Gasteiger partial charge in [0.25, 0.3) is 0 Å². The molecule has 2 aromatic heterocycles. The van der Waals surface area contributed by atoms with Gasteiger partial charge in [-0.05, 0) is 105 Å². The fraction of sp³-hybridized carbons (Fsp3) is 0.0204. The van der Waals surface area contributed by atoms with Gasteiger partial charge in [-0.1, -0.05) is 127 Å². The molecule has 1 aliphatic carbocycles. The Hall–Kier alpha value is -6.64. The molecule has 0 radical (unpaired) electrons. The van der Waals surface area contributed by atoms with Crippen LogP contribution in [0.15, 0.2) is 186 Å². The number of benzene rings is 8. The molecule has 0 amide bonds. The predicted octanol–water partition coefficient (Wildman–Crippen LogP) is 13.2. The number of fused-ring (bicyclic) bond motifs is 9. The van der Waals surface area contributed by atoms with Crippen molar-refractivity contribution in [2.24, 2.45) is 0 Å². The van der Waals surface area contributed by atoms with Gasteiger partial charge >= 0.3 is 0 Å². The van der Waals surface area contributed by atoms with Crippen LogP contribution in [0.3, 0.4) is 0 Å². The molecular weight excluding hydrogens is 619 g/mol. The van der Waals surface area contributed by atoms with Crippen LogP contribution in [0.1, 0.15) is 22.6 Å². The van der Waals surface area contributed by atoms with Crippen LogP contribution in [-0.4, -0.2) is 4.57 Å². The number of nitrogens with zero attached hydrogens (tertiary/aromatic N) is 1. The molecule has 2 heteroatoms. The highest BCUT2D eigenvalue weighted by atomic mass is 16.3. The van der Waals surface area contributed by atoms with E-state index < -0.39 is 0 Å². The summed E-state index contributed by atoms with van der Waals surface area (Å²) in [7, 11) is 0. The van der Waals surface area contributed by atoms with Gasteiger partial charge in [0, 0.05) is 33.2 Å². The smallest absolute Gasteiger partial charge is 0.135 e. The second-order valence-electron chi connectivity index (χ2n) is 13.6. The molecule has 2 nitrogen and oxygen atoms in total. The predicted molar refractivity (Wildman–Crippen MR) is 212 cm³/mol. The topological polar surface area (TPSA) is 18.1 Å². The molecule has 0 N–H and O–H groups in total. The largest absolute Gasteiger partial charge is 0.456 e. The van der Waals surface area contributed by atoms with Crippen molar-refractivity contribution in [1.29, 1.82) is 0 Å². The lowest BCUT2D eigenvalue weighted by atomic mass is 9.84. The van der Waals surface area contributed by atoms with Gasteiger partial charge in [-0.25, -0.2) is 0 Å². The van der Waals surface area contributed by atoms with Crippen molar-refractivity contribution in [3.63, 3.8) is 0 Å². The summed E-state index contributed by atoms with van der Waals surface area (Å²) in [6.07, 6.45) is 0. The Labute approximate surface area is 295 Å². The zero-order valence-electron chi connectivity index (χ0n) is 27.8. The molecule has 238 valence electrons. The highest BCUT2D eigenvalue weighted by molar-refractivity contribution is 6.10. The van der Waals surface area contributed by atoms with E-state index in [1.807, 2.05) is 12.1 Å². The Morgan fingerprint density at radius 3 is 1.82 bits per heavy atom. The number of hydrogen-bond donors (Lipinski definition) is 0. The minimum atomic E-state index is 0.129. The SMILES string of the molecule is c1ccc(-n2c3ccccc3c3cc(-c4ccc5c(c4)-c4ccccc4C5c4ccccc4-c4ccc5oc6ccccc6c5c4)ccc32)cc1. The van der Waals surface area contributed by atoms with Gasteiger partial charge in [-0.2, -0.15) is 0 Å². The first kappa shape index (κ1) is 28.2. The lowest BCUT2D eigenvalue weighted by Gasteiger charge is -2.19. The molecule has 0 saturated carbocycles. The first-order valence-electron chi connectivity index (χ1n) is 17.6. The molecule has 0 bridgehead atoms. The molecule has 1 aliphatic rings. The summed E-state index contributed by atoms with van der Waals surface area (Å²) >= 11 is 0. The highest BCUT2D eigenvalue weighted by Crippen LogP contribution is 2.51. The number of para-hydroxylation sites is 3. The number of rotatable bonds is 4. The van der Waals surface area contributed by atoms with Crippen LogP contribution < -0.4 is 0 Å². The van der Waals surface area contributed by atoms with Crippen LogP contribution >= 0.6 is 0 Å². The van der Waals surface area contributed by atoms with E-state index in [1.165, 1.54) is 77.6 Å². The molecule has 51 heavy (non-hydrogen) atoms. The zero-order chi connectivity index (χ0) is 33.5. The highest BCUT2D eigenvalue weighted by Gasteiger charge is 2.31. The van der Waals surface area contributed by atoms with E-state index in [0.717, 1.165) is 21.9 Å². The summed E-state index contributed by atoms with van der Waals surface area (Å²) < 4.78 is 8.56. The molecule has 1 unspecified atom stereocenters. The van der Waals surface area contributed by atoms with Crippen molar-refractivity contribution >= 4 is 43.7 Å². The van der Waals surface area contributed by atoms with Gasteiger partial charge < -0.3 is 8.98 Å². The summed E-state index contributed by atoms with van der Waals surface area (Å²) in [5.41, 5.74) is 17.0. The molecule has 1 atom stereocenters. The summed E-state index contributed by atoms with van der Waals surface area (Å²) in [4.78, 5) is 0. The van der Waals surface area contributed by atoms with E-state index in [-0.39, 0.29) is 5.92 Å². The third kappa shape index (κ3) is 4.23. The quantitative estimate of drug-likeness (QED) is 0.186. The van der Waals surface area contributed by atoms with Crippen molar-refractivity contribution < 1.29 is 4.42 Å². The molecule has 0 fully saturated rings. The third-order valence-electron chi connectivity index (χ3n) is 10.9. The molecule has 0 aliphatic heterocycles. The van der Waals surface area contributed by atoms with Crippen molar-refractivity contribution in [3.8, 4) is 39.1 Å². The lowest BCUT2D eigenvalue weighted by Crippen LogP contribution is -2.01. The Bertz CT molecular complexity index is 2980. The summed E-state index contributed by atoms with van der Waals surface area (Å²) in [5.74, 6) is 0.129. The summed E-state index contributed by atoms with van der Waals surface area (Å²) in [6.45, 7) is 0. The third-order valence-corrected chi connectivity index (χ3v) is 10.9. The van der Waals surface area contributed by atoms with Crippen LogP contribution in [0.25, 0.3) is 82.8 Å². The molecule has 0 spiro atoms. The Kier molecular flexibility index (Phi) is 6.05. The van der Waals surface area contributed by atoms with Crippen molar-refractivity contribution in [3.05, 3.63) is 199 Å². The monoisotopic (exact) mass is 649 g/mol. The molecule has 11 rings (SSSR count). The number of furan rings is 1. The van der Waals surface area contributed by atoms with Crippen LogP contribution in [0.4, 0.5) is 0 Å². The minimum absolute atomic E-state index is 0.129. The van der Waals surface area contributed by atoms with Gasteiger partial charge in [0.1, 0.15) is 11.2 Å². The first-order valence-corrected chi connectivity index (χ1v) is 17.6. The summed E-state index contributed by atoms with van der Waals surface area (Å²) in [6, 6.07) is 66.3.